The number of rotatable bonds is 6. The van der Waals surface area contributed by atoms with Crippen molar-refractivity contribution in [1.82, 2.24) is 20.3 Å². The molecule has 2 amide bonds. The van der Waals surface area contributed by atoms with E-state index in [-0.39, 0.29) is 12.1 Å². The molecule has 8 nitrogen and oxygen atoms in total. The van der Waals surface area contributed by atoms with Crippen LogP contribution in [0.5, 0.6) is 0 Å². The van der Waals surface area contributed by atoms with Crippen LogP contribution in [-0.2, 0) is 4.74 Å². The van der Waals surface area contributed by atoms with Crippen LogP contribution in [-0.4, -0.2) is 34.7 Å². The molecule has 8 heteroatoms. The Labute approximate surface area is 144 Å². The van der Waals surface area contributed by atoms with Crippen molar-refractivity contribution in [2.45, 2.75) is 13.0 Å². The number of aromatic nitrogens is 3. The fourth-order valence-electron chi connectivity index (χ4n) is 2.37. The molecular weight excluding hydrogens is 322 g/mol. The van der Waals surface area contributed by atoms with Crippen molar-refractivity contribution in [1.29, 1.82) is 0 Å². The molecular formula is C17H19N5O3. The Hall–Kier alpha value is -3.13. The van der Waals surface area contributed by atoms with Gasteiger partial charge in [0, 0.05) is 12.8 Å². The number of aryl methyl sites for hydroxylation is 1. The molecule has 0 aliphatic heterocycles. The molecule has 0 bridgehead atoms. The van der Waals surface area contributed by atoms with Crippen molar-refractivity contribution < 1.29 is 13.9 Å². The van der Waals surface area contributed by atoms with Crippen molar-refractivity contribution in [3.8, 4) is 5.69 Å². The van der Waals surface area contributed by atoms with Gasteiger partial charge in [-0.1, -0.05) is 5.21 Å². The van der Waals surface area contributed by atoms with Crippen LogP contribution in [0.1, 0.15) is 17.6 Å². The highest BCUT2D eigenvalue weighted by Gasteiger charge is 2.18. The molecule has 1 aromatic carbocycles. The second-order valence-electron chi connectivity index (χ2n) is 5.45. The van der Waals surface area contributed by atoms with Gasteiger partial charge in [-0.25, -0.2) is 9.48 Å². The van der Waals surface area contributed by atoms with E-state index in [1.807, 2.05) is 31.2 Å². The Balaban J connectivity index is 1.62. The molecule has 0 fully saturated rings. The SMILES string of the molecule is COC[C@H](NC(=O)Nc1ccc(-n2ccnn2)cc1)c1ccc(C)o1. The Morgan fingerprint density at radius 2 is 2.08 bits per heavy atom. The highest BCUT2D eigenvalue weighted by Crippen LogP contribution is 2.17. The number of hydrogen-bond acceptors (Lipinski definition) is 5. The molecule has 0 saturated heterocycles. The summed E-state index contributed by atoms with van der Waals surface area (Å²) in [6.07, 6.45) is 3.35. The first kappa shape index (κ1) is 16.7. The standard InChI is InChI=1S/C17H19N5O3/c1-12-3-8-16(25-12)15(11-24-2)20-17(23)19-13-4-6-14(7-5-13)22-10-9-18-21-22/h3-10,15H,11H2,1-2H3,(H2,19,20,23)/t15-/m0/s1. The van der Waals surface area contributed by atoms with Crippen LogP contribution in [0.3, 0.4) is 0 Å². The molecule has 0 spiro atoms. The Morgan fingerprint density at radius 3 is 2.68 bits per heavy atom. The molecule has 2 N–H and O–H groups in total. The van der Waals surface area contributed by atoms with Gasteiger partial charge in [0.1, 0.15) is 17.6 Å². The van der Waals surface area contributed by atoms with Gasteiger partial charge in [-0.05, 0) is 43.3 Å². The summed E-state index contributed by atoms with van der Waals surface area (Å²) in [5.74, 6) is 1.43. The van der Waals surface area contributed by atoms with Crippen LogP contribution in [0.4, 0.5) is 10.5 Å². The summed E-state index contributed by atoms with van der Waals surface area (Å²) in [5.41, 5.74) is 1.51. The van der Waals surface area contributed by atoms with Gasteiger partial charge in [-0.3, -0.25) is 0 Å². The molecule has 0 aliphatic rings. The van der Waals surface area contributed by atoms with E-state index in [2.05, 4.69) is 20.9 Å². The van der Waals surface area contributed by atoms with E-state index in [4.69, 9.17) is 9.15 Å². The third-order valence-electron chi connectivity index (χ3n) is 3.56. The first-order valence-corrected chi connectivity index (χ1v) is 7.75. The lowest BCUT2D eigenvalue weighted by Crippen LogP contribution is -2.34. The normalized spacial score (nSPS) is 11.9. The summed E-state index contributed by atoms with van der Waals surface area (Å²) in [4.78, 5) is 12.2. The molecule has 1 atom stereocenters. The van der Waals surface area contributed by atoms with Crippen molar-refractivity contribution in [3.63, 3.8) is 0 Å². The second kappa shape index (κ2) is 7.63. The number of benzene rings is 1. The molecule has 0 aliphatic carbocycles. The Kier molecular flexibility index (Phi) is 5.10. The number of carbonyl (C=O) groups is 1. The van der Waals surface area contributed by atoms with Crippen LogP contribution in [0.2, 0.25) is 0 Å². The predicted molar refractivity (Wildman–Crippen MR) is 91.6 cm³/mol. The van der Waals surface area contributed by atoms with Crippen molar-refractivity contribution >= 4 is 11.7 Å². The zero-order valence-electron chi connectivity index (χ0n) is 14.0. The number of anilines is 1. The first-order chi connectivity index (χ1) is 12.2. The summed E-state index contributed by atoms with van der Waals surface area (Å²) < 4.78 is 12.4. The predicted octanol–water partition coefficient (Wildman–Crippen LogP) is 2.68. The number of ether oxygens (including phenoxy) is 1. The number of hydrogen-bond donors (Lipinski definition) is 2. The fourth-order valence-corrected chi connectivity index (χ4v) is 2.37. The van der Waals surface area contributed by atoms with E-state index in [9.17, 15) is 4.79 Å². The van der Waals surface area contributed by atoms with Gasteiger partial charge in [0.15, 0.2) is 0 Å². The lowest BCUT2D eigenvalue weighted by Gasteiger charge is -2.16. The zero-order chi connectivity index (χ0) is 17.6. The van der Waals surface area contributed by atoms with E-state index in [1.165, 1.54) is 0 Å². The van der Waals surface area contributed by atoms with E-state index in [0.29, 0.717) is 18.1 Å². The smallest absolute Gasteiger partial charge is 0.319 e. The lowest BCUT2D eigenvalue weighted by atomic mass is 10.2. The quantitative estimate of drug-likeness (QED) is 0.719. The third-order valence-corrected chi connectivity index (χ3v) is 3.56. The average molecular weight is 341 g/mol. The monoisotopic (exact) mass is 341 g/mol. The molecule has 2 aromatic heterocycles. The maximum Gasteiger partial charge on any atom is 0.319 e. The minimum atomic E-state index is -0.367. The summed E-state index contributed by atoms with van der Waals surface area (Å²) >= 11 is 0. The molecule has 0 unspecified atom stereocenters. The number of methoxy groups -OCH3 is 1. The summed E-state index contributed by atoms with van der Waals surface area (Å²) in [6.45, 7) is 2.16. The second-order valence-corrected chi connectivity index (χ2v) is 5.45. The molecule has 0 radical (unpaired) electrons. The minimum Gasteiger partial charge on any atom is -0.464 e. The number of urea groups is 1. The van der Waals surface area contributed by atoms with Gasteiger partial charge >= 0.3 is 6.03 Å². The topological polar surface area (TPSA) is 94.2 Å². The fraction of sp³-hybridized carbons (Fsp3) is 0.235. The third kappa shape index (κ3) is 4.24. The van der Waals surface area contributed by atoms with Crippen LogP contribution < -0.4 is 10.6 Å². The van der Waals surface area contributed by atoms with Gasteiger partial charge in [0.2, 0.25) is 0 Å². The minimum absolute atomic E-state index is 0.311. The highest BCUT2D eigenvalue weighted by atomic mass is 16.5. The van der Waals surface area contributed by atoms with Gasteiger partial charge in [-0.15, -0.1) is 5.10 Å². The summed E-state index contributed by atoms with van der Waals surface area (Å²) in [7, 11) is 1.57. The Morgan fingerprint density at radius 1 is 1.28 bits per heavy atom. The average Bonchev–Trinajstić information content (AvgIpc) is 3.27. The number of furan rings is 1. The zero-order valence-corrected chi connectivity index (χ0v) is 14.0. The molecule has 3 aromatic rings. The van der Waals surface area contributed by atoms with Gasteiger partial charge in [0.05, 0.1) is 24.7 Å². The molecule has 25 heavy (non-hydrogen) atoms. The van der Waals surface area contributed by atoms with Gasteiger partial charge in [-0.2, -0.15) is 0 Å². The van der Waals surface area contributed by atoms with Crippen LogP contribution in [0.25, 0.3) is 5.69 Å². The molecule has 130 valence electrons. The highest BCUT2D eigenvalue weighted by molar-refractivity contribution is 5.89. The van der Waals surface area contributed by atoms with E-state index < -0.39 is 0 Å². The van der Waals surface area contributed by atoms with Crippen molar-refractivity contribution in [2.75, 3.05) is 19.0 Å². The number of nitrogens with one attached hydrogen (secondary N) is 2. The summed E-state index contributed by atoms with van der Waals surface area (Å²) in [5, 5.41) is 13.3. The maximum absolute atomic E-state index is 12.2. The molecule has 2 heterocycles. The molecule has 3 rings (SSSR count). The van der Waals surface area contributed by atoms with E-state index >= 15 is 0 Å². The lowest BCUT2D eigenvalue weighted by molar-refractivity contribution is 0.158. The van der Waals surface area contributed by atoms with Crippen LogP contribution in [0.15, 0.2) is 53.2 Å². The van der Waals surface area contributed by atoms with Crippen molar-refractivity contribution in [2.24, 2.45) is 0 Å². The number of amides is 2. The van der Waals surface area contributed by atoms with Gasteiger partial charge < -0.3 is 19.8 Å². The van der Waals surface area contributed by atoms with E-state index in [1.54, 1.807) is 36.3 Å². The van der Waals surface area contributed by atoms with Crippen LogP contribution in [0, 0.1) is 6.92 Å². The van der Waals surface area contributed by atoms with Gasteiger partial charge in [0.25, 0.3) is 0 Å². The molecule has 0 saturated carbocycles. The largest absolute Gasteiger partial charge is 0.464 e. The Bertz CT molecular complexity index is 811. The number of nitrogens with zero attached hydrogens (tertiary/aromatic N) is 3. The van der Waals surface area contributed by atoms with Crippen LogP contribution >= 0.6 is 0 Å². The maximum atomic E-state index is 12.2. The van der Waals surface area contributed by atoms with E-state index in [0.717, 1.165) is 11.4 Å². The van der Waals surface area contributed by atoms with Crippen molar-refractivity contribution in [3.05, 3.63) is 60.3 Å². The summed E-state index contributed by atoms with van der Waals surface area (Å²) in [6, 6.07) is 10.2. The first-order valence-electron chi connectivity index (χ1n) is 7.75. The number of carbonyl (C=O) groups excluding carboxylic acids is 1.